The summed E-state index contributed by atoms with van der Waals surface area (Å²) in [5.74, 6) is 0.0851. The smallest absolute Gasteiger partial charge is 0.329 e. The second kappa shape index (κ2) is 5.78. The highest BCUT2D eigenvalue weighted by Crippen LogP contribution is 2.24. The molecule has 0 radical (unpaired) electrons. The van der Waals surface area contributed by atoms with E-state index in [0.29, 0.717) is 0 Å². The fourth-order valence-electron chi connectivity index (χ4n) is 1.54. The van der Waals surface area contributed by atoms with Crippen molar-refractivity contribution in [2.24, 2.45) is 0 Å². The van der Waals surface area contributed by atoms with Crippen LogP contribution in [0.2, 0.25) is 0 Å². The van der Waals surface area contributed by atoms with Crippen molar-refractivity contribution >= 4 is 28.8 Å². The normalized spacial score (nSPS) is 12.1. The van der Waals surface area contributed by atoms with Crippen molar-refractivity contribution in [3.63, 3.8) is 0 Å². The first-order valence-electron chi connectivity index (χ1n) is 5.99. The third kappa shape index (κ3) is 2.99. The lowest BCUT2D eigenvalue weighted by Crippen LogP contribution is -2.10. The minimum Gasteiger partial charge on any atom is -0.378 e. The molecule has 9 heteroatoms. The van der Waals surface area contributed by atoms with Crippen LogP contribution in [-0.2, 0) is 6.42 Å². The third-order valence-electron chi connectivity index (χ3n) is 2.63. The van der Waals surface area contributed by atoms with Crippen molar-refractivity contribution in [3.05, 3.63) is 32.4 Å². The summed E-state index contributed by atoms with van der Waals surface area (Å²) in [5.41, 5.74) is 5.22. The van der Waals surface area contributed by atoms with E-state index in [1.54, 1.807) is 11.3 Å². The molecule has 0 aromatic carbocycles. The van der Waals surface area contributed by atoms with Crippen LogP contribution >= 0.6 is 11.3 Å². The molecule has 2 aromatic rings. The molecule has 2 rings (SSSR count). The molecular formula is C11H14N6O2S. The molecular weight excluding hydrogens is 280 g/mol. The van der Waals surface area contributed by atoms with Crippen LogP contribution in [0.5, 0.6) is 0 Å². The summed E-state index contributed by atoms with van der Waals surface area (Å²) < 4.78 is 0. The highest BCUT2D eigenvalue weighted by Gasteiger charge is 2.16. The van der Waals surface area contributed by atoms with Gasteiger partial charge in [0, 0.05) is 11.1 Å². The number of rotatable bonds is 5. The van der Waals surface area contributed by atoms with Crippen LogP contribution in [0.25, 0.3) is 0 Å². The summed E-state index contributed by atoms with van der Waals surface area (Å²) in [6.07, 6.45) is 3.87. The average molecular weight is 294 g/mol. The third-order valence-corrected chi connectivity index (χ3v) is 3.95. The molecule has 0 amide bonds. The summed E-state index contributed by atoms with van der Waals surface area (Å²) in [4.78, 5) is 23.3. The molecule has 0 aliphatic rings. The Balaban J connectivity index is 2.13. The standard InChI is InChI=1S/C11H14N6O2S/c1-3-7-4-13-10(20-7)6(2)15-11-14-5-8(17(18)19)9(12)16-11/h4-6H,3H2,1-2H3,(H3,12,14,15,16)/t6-/m0/s1. The predicted molar refractivity (Wildman–Crippen MR) is 76.6 cm³/mol. The lowest BCUT2D eigenvalue weighted by molar-refractivity contribution is -0.384. The first-order valence-corrected chi connectivity index (χ1v) is 6.81. The zero-order valence-corrected chi connectivity index (χ0v) is 11.8. The van der Waals surface area contributed by atoms with Gasteiger partial charge in [0.05, 0.1) is 11.0 Å². The largest absolute Gasteiger partial charge is 0.378 e. The molecule has 0 saturated carbocycles. The lowest BCUT2D eigenvalue weighted by atomic mass is 10.3. The van der Waals surface area contributed by atoms with Gasteiger partial charge in [0.2, 0.25) is 11.8 Å². The Hall–Kier alpha value is -2.29. The molecule has 8 nitrogen and oxygen atoms in total. The Kier molecular flexibility index (Phi) is 4.08. The summed E-state index contributed by atoms with van der Waals surface area (Å²) in [6, 6.07) is -0.0962. The number of hydrogen-bond donors (Lipinski definition) is 2. The van der Waals surface area contributed by atoms with Crippen LogP contribution in [0.1, 0.15) is 29.8 Å². The number of aryl methyl sites for hydroxylation is 1. The summed E-state index contributed by atoms with van der Waals surface area (Å²) in [5, 5.41) is 14.6. The predicted octanol–water partition coefficient (Wildman–Crippen LogP) is 2.16. The van der Waals surface area contributed by atoms with Crippen LogP contribution in [0.3, 0.4) is 0 Å². The van der Waals surface area contributed by atoms with Gasteiger partial charge in [0.15, 0.2) is 0 Å². The molecule has 0 bridgehead atoms. The van der Waals surface area contributed by atoms with E-state index in [0.717, 1.165) is 17.6 Å². The quantitative estimate of drug-likeness (QED) is 0.640. The molecule has 3 N–H and O–H groups in total. The number of nitro groups is 1. The molecule has 106 valence electrons. The molecule has 20 heavy (non-hydrogen) atoms. The SMILES string of the molecule is CCc1cnc([C@H](C)Nc2ncc([N+](=O)[O-])c(N)n2)s1. The number of nitrogens with one attached hydrogen (secondary N) is 1. The van der Waals surface area contributed by atoms with Gasteiger partial charge in [-0.25, -0.2) is 9.97 Å². The molecule has 1 atom stereocenters. The summed E-state index contributed by atoms with van der Waals surface area (Å²) >= 11 is 1.60. The van der Waals surface area contributed by atoms with Crippen molar-refractivity contribution in [1.29, 1.82) is 0 Å². The maximum Gasteiger partial charge on any atom is 0.329 e. The lowest BCUT2D eigenvalue weighted by Gasteiger charge is -2.10. The van der Waals surface area contributed by atoms with Gasteiger partial charge in [-0.2, -0.15) is 4.98 Å². The number of thiazole rings is 1. The first-order chi connectivity index (χ1) is 9.51. The molecule has 2 aromatic heterocycles. The topological polar surface area (TPSA) is 120 Å². The van der Waals surface area contributed by atoms with E-state index in [4.69, 9.17) is 5.73 Å². The van der Waals surface area contributed by atoms with Crippen molar-refractivity contribution in [3.8, 4) is 0 Å². The second-order valence-corrected chi connectivity index (χ2v) is 5.25. The number of nitrogens with two attached hydrogens (primary N) is 1. The van der Waals surface area contributed by atoms with Crippen LogP contribution in [0.4, 0.5) is 17.5 Å². The van der Waals surface area contributed by atoms with E-state index in [-0.39, 0.29) is 23.5 Å². The van der Waals surface area contributed by atoms with Gasteiger partial charge in [0.25, 0.3) is 0 Å². The number of hydrogen-bond acceptors (Lipinski definition) is 8. The van der Waals surface area contributed by atoms with E-state index in [1.807, 2.05) is 13.1 Å². The number of anilines is 2. The molecule has 0 saturated heterocycles. The minimum atomic E-state index is -0.614. The number of aromatic nitrogens is 3. The maximum absolute atomic E-state index is 10.6. The van der Waals surface area contributed by atoms with Crippen molar-refractivity contribution in [1.82, 2.24) is 15.0 Å². The minimum absolute atomic E-state index is 0.0962. The molecule has 0 aliphatic carbocycles. The Morgan fingerprint density at radius 1 is 1.50 bits per heavy atom. The fourth-order valence-corrected chi connectivity index (χ4v) is 2.40. The molecule has 2 heterocycles. The maximum atomic E-state index is 10.6. The van der Waals surface area contributed by atoms with E-state index in [1.165, 1.54) is 4.88 Å². The van der Waals surface area contributed by atoms with Crippen molar-refractivity contribution in [2.75, 3.05) is 11.1 Å². The van der Waals surface area contributed by atoms with Crippen LogP contribution < -0.4 is 11.1 Å². The number of nitrogen functional groups attached to an aromatic ring is 1. The monoisotopic (exact) mass is 294 g/mol. The van der Waals surface area contributed by atoms with Crippen molar-refractivity contribution in [2.45, 2.75) is 26.3 Å². The van der Waals surface area contributed by atoms with E-state index < -0.39 is 4.92 Å². The molecule has 0 fully saturated rings. The van der Waals surface area contributed by atoms with Crippen LogP contribution in [-0.4, -0.2) is 19.9 Å². The van der Waals surface area contributed by atoms with Gasteiger partial charge in [-0.3, -0.25) is 10.1 Å². The molecule has 0 unspecified atom stereocenters. The Morgan fingerprint density at radius 2 is 2.25 bits per heavy atom. The highest BCUT2D eigenvalue weighted by molar-refractivity contribution is 7.11. The average Bonchev–Trinajstić information content (AvgIpc) is 2.87. The van der Waals surface area contributed by atoms with Gasteiger partial charge >= 0.3 is 5.69 Å². The van der Waals surface area contributed by atoms with Crippen LogP contribution in [0.15, 0.2) is 12.4 Å². The van der Waals surface area contributed by atoms with Gasteiger partial charge in [-0.05, 0) is 13.3 Å². The summed E-state index contributed by atoms with van der Waals surface area (Å²) in [7, 11) is 0. The van der Waals surface area contributed by atoms with Gasteiger partial charge in [0.1, 0.15) is 11.2 Å². The zero-order chi connectivity index (χ0) is 14.7. The molecule has 0 aliphatic heterocycles. The highest BCUT2D eigenvalue weighted by atomic mass is 32.1. The van der Waals surface area contributed by atoms with E-state index in [2.05, 4.69) is 27.2 Å². The first kappa shape index (κ1) is 14.1. The number of nitrogens with zero attached hydrogens (tertiary/aromatic N) is 4. The Morgan fingerprint density at radius 3 is 2.80 bits per heavy atom. The fraction of sp³-hybridized carbons (Fsp3) is 0.364. The van der Waals surface area contributed by atoms with E-state index in [9.17, 15) is 10.1 Å². The zero-order valence-electron chi connectivity index (χ0n) is 11.0. The van der Waals surface area contributed by atoms with Crippen molar-refractivity contribution < 1.29 is 4.92 Å². The summed E-state index contributed by atoms with van der Waals surface area (Å²) in [6.45, 7) is 3.98. The second-order valence-electron chi connectivity index (χ2n) is 4.11. The van der Waals surface area contributed by atoms with Crippen LogP contribution in [0, 0.1) is 10.1 Å². The van der Waals surface area contributed by atoms with E-state index >= 15 is 0 Å². The Bertz CT molecular complexity index is 629. The Labute approximate surface area is 119 Å². The van der Waals surface area contributed by atoms with Gasteiger partial charge in [-0.15, -0.1) is 11.3 Å². The molecule has 0 spiro atoms. The van der Waals surface area contributed by atoms with Gasteiger partial charge < -0.3 is 11.1 Å². The van der Waals surface area contributed by atoms with Gasteiger partial charge in [-0.1, -0.05) is 6.92 Å².